The molecule has 0 aliphatic rings. The molecule has 2 rings (SSSR count). The number of carbonyl (C=O) groups is 1. The number of hydrogen-bond acceptors (Lipinski definition) is 4. The average molecular weight is 337 g/mol. The molecule has 0 aliphatic heterocycles. The molecule has 0 saturated heterocycles. The Balaban J connectivity index is 2.05. The van der Waals surface area contributed by atoms with Crippen LogP contribution in [0.15, 0.2) is 54.6 Å². The smallest absolute Gasteiger partial charge is 0.406 e. The number of allylic oxidation sites excluding steroid dienone is 1. The molecule has 0 radical (unpaired) electrons. The molecule has 2 aromatic carbocycles. The first-order valence-corrected chi connectivity index (χ1v) is 6.57. The van der Waals surface area contributed by atoms with E-state index in [-0.39, 0.29) is 11.3 Å². The minimum Gasteiger partial charge on any atom is -0.406 e. The minimum atomic E-state index is -4.79. The minimum absolute atomic E-state index is 0.0706. The van der Waals surface area contributed by atoms with E-state index in [0.29, 0.717) is 5.56 Å². The predicted octanol–water partition coefficient (Wildman–Crippen LogP) is 4.39. The van der Waals surface area contributed by atoms with Gasteiger partial charge in [0.2, 0.25) is 0 Å². The van der Waals surface area contributed by atoms with Crippen molar-refractivity contribution >= 4 is 17.5 Å². The Morgan fingerprint density at radius 1 is 1.04 bits per heavy atom. The van der Waals surface area contributed by atoms with Crippen LogP contribution >= 0.6 is 0 Å². The summed E-state index contributed by atoms with van der Waals surface area (Å²) >= 11 is 0. The lowest BCUT2D eigenvalue weighted by atomic mass is 10.1. The fourth-order valence-corrected chi connectivity index (χ4v) is 1.80. The third-order valence-electron chi connectivity index (χ3n) is 2.90. The predicted molar refractivity (Wildman–Crippen MR) is 79.6 cm³/mol. The Morgan fingerprint density at radius 2 is 1.62 bits per heavy atom. The van der Waals surface area contributed by atoms with Crippen LogP contribution in [0, 0.1) is 10.1 Å². The lowest BCUT2D eigenvalue weighted by Gasteiger charge is -2.08. The number of nitro groups is 1. The number of rotatable bonds is 5. The molecule has 0 unspecified atom stereocenters. The van der Waals surface area contributed by atoms with Crippen LogP contribution in [0.3, 0.4) is 0 Å². The number of hydrogen-bond donors (Lipinski definition) is 0. The summed E-state index contributed by atoms with van der Waals surface area (Å²) in [5.41, 5.74) is 0.687. The van der Waals surface area contributed by atoms with Crippen molar-refractivity contribution < 1.29 is 27.6 Å². The van der Waals surface area contributed by atoms with Crippen LogP contribution in [0.5, 0.6) is 5.75 Å². The van der Waals surface area contributed by atoms with E-state index in [9.17, 15) is 28.1 Å². The van der Waals surface area contributed by atoms with Crippen molar-refractivity contribution in [2.24, 2.45) is 0 Å². The summed E-state index contributed by atoms with van der Waals surface area (Å²) in [6.45, 7) is 0. The molecule has 0 atom stereocenters. The van der Waals surface area contributed by atoms with Crippen molar-refractivity contribution in [1.29, 1.82) is 0 Å². The van der Waals surface area contributed by atoms with Gasteiger partial charge in [0, 0.05) is 17.7 Å². The van der Waals surface area contributed by atoms with Gasteiger partial charge in [0.25, 0.3) is 5.69 Å². The Labute approximate surface area is 134 Å². The highest BCUT2D eigenvalue weighted by molar-refractivity contribution is 6.06. The number of alkyl halides is 3. The zero-order valence-electron chi connectivity index (χ0n) is 12.0. The van der Waals surface area contributed by atoms with Gasteiger partial charge in [-0.3, -0.25) is 14.9 Å². The van der Waals surface area contributed by atoms with Gasteiger partial charge in [-0.05, 0) is 48.0 Å². The van der Waals surface area contributed by atoms with E-state index >= 15 is 0 Å². The number of nitrogens with zero attached hydrogens (tertiary/aromatic N) is 1. The van der Waals surface area contributed by atoms with Crippen molar-refractivity contribution in [3.05, 3.63) is 75.8 Å². The molecular weight excluding hydrogens is 327 g/mol. The molecule has 0 bridgehead atoms. The van der Waals surface area contributed by atoms with E-state index in [1.54, 1.807) is 0 Å². The van der Waals surface area contributed by atoms with Gasteiger partial charge < -0.3 is 4.74 Å². The number of ketones is 1. The van der Waals surface area contributed by atoms with Crippen LogP contribution in [0.25, 0.3) is 6.08 Å². The largest absolute Gasteiger partial charge is 0.573 e. The highest BCUT2D eigenvalue weighted by Crippen LogP contribution is 2.23. The van der Waals surface area contributed by atoms with Crippen molar-refractivity contribution in [2.75, 3.05) is 0 Å². The lowest BCUT2D eigenvalue weighted by Crippen LogP contribution is -2.17. The van der Waals surface area contributed by atoms with Crippen LogP contribution in [0.2, 0.25) is 0 Å². The van der Waals surface area contributed by atoms with Crippen LogP contribution in [-0.2, 0) is 0 Å². The summed E-state index contributed by atoms with van der Waals surface area (Å²) in [4.78, 5) is 21.9. The zero-order chi connectivity index (χ0) is 17.7. The molecule has 0 aromatic heterocycles. The molecule has 5 nitrogen and oxygen atoms in total. The standard InChI is InChI=1S/C16H10F3NO4/c17-16(18,19)24-14-8-4-12(5-9-14)15(21)10-3-11-1-6-13(7-2-11)20(22)23/h1-10H/b10-3+. The van der Waals surface area contributed by atoms with Crippen molar-refractivity contribution in [1.82, 2.24) is 0 Å². The zero-order valence-corrected chi connectivity index (χ0v) is 12.0. The number of nitro benzene ring substituents is 1. The van der Waals surface area contributed by atoms with E-state index in [0.717, 1.165) is 12.1 Å². The quantitative estimate of drug-likeness (QED) is 0.351. The third-order valence-corrected chi connectivity index (χ3v) is 2.90. The van der Waals surface area contributed by atoms with Crippen molar-refractivity contribution in [3.8, 4) is 5.75 Å². The van der Waals surface area contributed by atoms with Gasteiger partial charge in [-0.1, -0.05) is 6.08 Å². The van der Waals surface area contributed by atoms with Gasteiger partial charge in [0.05, 0.1) is 4.92 Å². The second kappa shape index (κ2) is 6.95. The summed E-state index contributed by atoms with van der Waals surface area (Å²) in [7, 11) is 0. The number of halogens is 3. The number of non-ortho nitro benzene ring substituents is 1. The summed E-state index contributed by atoms with van der Waals surface area (Å²) < 4.78 is 39.8. The van der Waals surface area contributed by atoms with E-state index in [2.05, 4.69) is 4.74 Å². The number of benzene rings is 2. The number of ether oxygens (including phenoxy) is 1. The summed E-state index contributed by atoms with van der Waals surface area (Å²) in [6.07, 6.45) is -2.12. The van der Waals surface area contributed by atoms with Crippen LogP contribution in [0.1, 0.15) is 15.9 Å². The van der Waals surface area contributed by atoms with Crippen LogP contribution in [-0.4, -0.2) is 17.1 Å². The summed E-state index contributed by atoms with van der Waals surface area (Å²) in [5.74, 6) is -0.842. The molecule has 0 N–H and O–H groups in total. The maximum Gasteiger partial charge on any atom is 0.573 e. The van der Waals surface area contributed by atoms with Crippen molar-refractivity contribution in [2.45, 2.75) is 6.36 Å². The Kier molecular flexibility index (Phi) is 4.98. The Hall–Kier alpha value is -3.16. The summed E-state index contributed by atoms with van der Waals surface area (Å²) in [5, 5.41) is 10.5. The third kappa shape index (κ3) is 4.94. The second-order valence-corrected chi connectivity index (χ2v) is 4.62. The first-order valence-electron chi connectivity index (χ1n) is 6.57. The summed E-state index contributed by atoms with van der Waals surface area (Å²) in [6, 6.07) is 10.1. The highest BCUT2D eigenvalue weighted by atomic mass is 19.4. The fourth-order valence-electron chi connectivity index (χ4n) is 1.80. The van der Waals surface area contributed by atoms with Gasteiger partial charge in [0.15, 0.2) is 5.78 Å². The molecule has 124 valence electrons. The average Bonchev–Trinajstić information content (AvgIpc) is 2.52. The fraction of sp³-hybridized carbons (Fsp3) is 0.0625. The van der Waals surface area contributed by atoms with E-state index in [1.807, 2.05) is 0 Å². The second-order valence-electron chi connectivity index (χ2n) is 4.62. The normalized spacial score (nSPS) is 11.5. The molecule has 2 aromatic rings. The maximum atomic E-state index is 12.0. The number of carbonyl (C=O) groups excluding carboxylic acids is 1. The molecule has 0 amide bonds. The van der Waals surface area contributed by atoms with E-state index < -0.39 is 22.8 Å². The molecule has 0 heterocycles. The topological polar surface area (TPSA) is 69.4 Å². The van der Waals surface area contributed by atoms with Gasteiger partial charge in [-0.25, -0.2) is 0 Å². The molecule has 24 heavy (non-hydrogen) atoms. The molecule has 8 heteroatoms. The maximum absolute atomic E-state index is 12.0. The van der Waals surface area contributed by atoms with Gasteiger partial charge >= 0.3 is 6.36 Å². The molecule has 0 fully saturated rings. The van der Waals surface area contributed by atoms with Gasteiger partial charge in [-0.15, -0.1) is 13.2 Å². The highest BCUT2D eigenvalue weighted by Gasteiger charge is 2.30. The SMILES string of the molecule is O=C(/C=C/c1ccc([N+](=O)[O-])cc1)c1ccc(OC(F)(F)F)cc1. The lowest BCUT2D eigenvalue weighted by molar-refractivity contribution is -0.384. The Morgan fingerprint density at radius 3 is 2.12 bits per heavy atom. The molecule has 0 aliphatic carbocycles. The molecule has 0 spiro atoms. The van der Waals surface area contributed by atoms with Crippen LogP contribution in [0.4, 0.5) is 18.9 Å². The monoisotopic (exact) mass is 337 g/mol. The van der Waals surface area contributed by atoms with Crippen molar-refractivity contribution in [3.63, 3.8) is 0 Å². The first kappa shape index (κ1) is 17.2. The molecule has 0 saturated carbocycles. The van der Waals surface area contributed by atoms with E-state index in [1.165, 1.54) is 48.6 Å². The van der Waals surface area contributed by atoms with Gasteiger partial charge in [0.1, 0.15) is 5.75 Å². The molecular formula is C16H10F3NO4. The van der Waals surface area contributed by atoms with Crippen LogP contribution < -0.4 is 4.74 Å². The van der Waals surface area contributed by atoms with E-state index in [4.69, 9.17) is 0 Å². The Bertz CT molecular complexity index is 765. The van der Waals surface area contributed by atoms with Gasteiger partial charge in [-0.2, -0.15) is 0 Å². The first-order chi connectivity index (χ1) is 11.2.